The highest BCUT2D eigenvalue weighted by Gasteiger charge is 1.99. The number of nitrogens with one attached hydrogen (secondary N) is 1. The van der Waals surface area contributed by atoms with Crippen molar-refractivity contribution in [2.24, 2.45) is 0 Å². The Morgan fingerprint density at radius 1 is 1.35 bits per heavy atom. The molecule has 0 spiro atoms. The third-order valence-electron chi connectivity index (χ3n) is 2.69. The molecule has 0 unspecified atom stereocenters. The summed E-state index contributed by atoms with van der Waals surface area (Å²) < 4.78 is 5.00. The van der Waals surface area contributed by atoms with Crippen LogP contribution in [0.25, 0.3) is 0 Å². The maximum atomic E-state index is 5.00. The van der Waals surface area contributed by atoms with Crippen LogP contribution in [-0.2, 0) is 11.2 Å². The molecule has 0 aliphatic rings. The Hall–Kier alpha value is -0.420. The molecule has 0 saturated heterocycles. The normalized spacial score (nSPS) is 11.2. The first kappa shape index (κ1) is 14.6. The summed E-state index contributed by atoms with van der Waals surface area (Å²) >= 11 is 1.85. The van der Waals surface area contributed by atoms with E-state index in [1.54, 1.807) is 7.11 Å². The number of nitrogens with zero attached hydrogens (tertiary/aromatic N) is 1. The average Bonchev–Trinajstić information content (AvgIpc) is 2.84. The zero-order chi connectivity index (χ0) is 12.3. The molecule has 4 heteroatoms. The second kappa shape index (κ2) is 9.59. The zero-order valence-corrected chi connectivity index (χ0v) is 11.8. The van der Waals surface area contributed by atoms with Crippen molar-refractivity contribution in [3.63, 3.8) is 0 Å². The van der Waals surface area contributed by atoms with E-state index in [2.05, 4.69) is 34.8 Å². The number of rotatable bonds is 10. The van der Waals surface area contributed by atoms with Gasteiger partial charge in [0.15, 0.2) is 0 Å². The second-order valence-corrected chi connectivity index (χ2v) is 5.26. The summed E-state index contributed by atoms with van der Waals surface area (Å²) in [6, 6.07) is 4.33. The average molecular weight is 256 g/mol. The standard InChI is InChI=1S/C13H24N2OS/c1-15(9-6-13-5-3-12-17-13)10-8-14-7-4-11-16-2/h3,5,12,14H,4,6-11H2,1-2H3. The van der Waals surface area contributed by atoms with Crippen LogP contribution in [0.4, 0.5) is 0 Å². The van der Waals surface area contributed by atoms with Crippen molar-refractivity contribution in [2.75, 3.05) is 46.9 Å². The molecule has 3 nitrogen and oxygen atoms in total. The highest BCUT2D eigenvalue weighted by molar-refractivity contribution is 7.09. The predicted octanol–water partition coefficient (Wildman–Crippen LogP) is 1.85. The molecule has 0 bridgehead atoms. The van der Waals surface area contributed by atoms with Crippen LogP contribution < -0.4 is 5.32 Å². The summed E-state index contributed by atoms with van der Waals surface area (Å²) in [6.07, 6.45) is 2.26. The van der Waals surface area contributed by atoms with Gasteiger partial charge in [-0.2, -0.15) is 0 Å². The minimum atomic E-state index is 0.848. The molecule has 1 rings (SSSR count). The minimum Gasteiger partial charge on any atom is -0.385 e. The molecule has 1 N–H and O–H groups in total. The molecule has 0 atom stereocenters. The van der Waals surface area contributed by atoms with Gasteiger partial charge in [-0.05, 0) is 37.9 Å². The van der Waals surface area contributed by atoms with Crippen LogP contribution >= 0.6 is 11.3 Å². The third kappa shape index (κ3) is 7.49. The van der Waals surface area contributed by atoms with Gasteiger partial charge in [-0.25, -0.2) is 0 Å². The van der Waals surface area contributed by atoms with E-state index in [9.17, 15) is 0 Å². The summed E-state index contributed by atoms with van der Waals surface area (Å²) in [6.45, 7) is 5.21. The summed E-state index contributed by atoms with van der Waals surface area (Å²) in [5.41, 5.74) is 0. The van der Waals surface area contributed by atoms with Gasteiger partial charge in [0.25, 0.3) is 0 Å². The Balaban J connectivity index is 1.92. The molecule has 0 aliphatic carbocycles. The smallest absolute Gasteiger partial charge is 0.0474 e. The molecule has 0 fully saturated rings. The van der Waals surface area contributed by atoms with Crippen LogP contribution in [0.3, 0.4) is 0 Å². The minimum absolute atomic E-state index is 0.848. The van der Waals surface area contributed by atoms with Crippen LogP contribution in [0.5, 0.6) is 0 Å². The molecular weight excluding hydrogens is 232 g/mol. The van der Waals surface area contributed by atoms with E-state index in [-0.39, 0.29) is 0 Å². The Morgan fingerprint density at radius 2 is 2.24 bits per heavy atom. The van der Waals surface area contributed by atoms with E-state index in [1.165, 1.54) is 4.88 Å². The summed E-state index contributed by atoms with van der Waals surface area (Å²) in [7, 11) is 3.93. The lowest BCUT2D eigenvalue weighted by Crippen LogP contribution is -2.31. The van der Waals surface area contributed by atoms with Crippen molar-refractivity contribution in [3.8, 4) is 0 Å². The Labute approximate surface area is 109 Å². The number of likely N-dealkylation sites (N-methyl/N-ethyl adjacent to an activating group) is 1. The van der Waals surface area contributed by atoms with E-state index in [0.717, 1.165) is 45.6 Å². The van der Waals surface area contributed by atoms with Crippen molar-refractivity contribution in [2.45, 2.75) is 12.8 Å². The zero-order valence-electron chi connectivity index (χ0n) is 10.9. The van der Waals surface area contributed by atoms with Gasteiger partial charge in [-0.3, -0.25) is 0 Å². The summed E-state index contributed by atoms with van der Waals surface area (Å²) in [4.78, 5) is 3.85. The molecule has 0 amide bonds. The number of methoxy groups -OCH3 is 1. The molecular formula is C13H24N2OS. The van der Waals surface area contributed by atoms with E-state index in [0.29, 0.717) is 0 Å². The van der Waals surface area contributed by atoms with Crippen LogP contribution in [0.2, 0.25) is 0 Å². The topological polar surface area (TPSA) is 24.5 Å². The SMILES string of the molecule is COCCCNCCN(C)CCc1cccs1. The van der Waals surface area contributed by atoms with Gasteiger partial charge in [-0.1, -0.05) is 6.07 Å². The van der Waals surface area contributed by atoms with Crippen LogP contribution in [0.15, 0.2) is 17.5 Å². The lowest BCUT2D eigenvalue weighted by Gasteiger charge is -2.16. The van der Waals surface area contributed by atoms with Crippen molar-refractivity contribution < 1.29 is 4.74 Å². The monoisotopic (exact) mass is 256 g/mol. The lowest BCUT2D eigenvalue weighted by molar-refractivity contribution is 0.194. The Bertz CT molecular complexity index is 264. The Kier molecular flexibility index (Phi) is 8.26. The van der Waals surface area contributed by atoms with Crippen molar-refractivity contribution >= 4 is 11.3 Å². The molecule has 17 heavy (non-hydrogen) atoms. The highest BCUT2D eigenvalue weighted by atomic mass is 32.1. The van der Waals surface area contributed by atoms with Gasteiger partial charge >= 0.3 is 0 Å². The van der Waals surface area contributed by atoms with E-state index in [4.69, 9.17) is 4.74 Å². The van der Waals surface area contributed by atoms with Gasteiger partial charge in [0.1, 0.15) is 0 Å². The number of hydrogen-bond acceptors (Lipinski definition) is 4. The molecule has 0 aliphatic heterocycles. The quantitative estimate of drug-likeness (QED) is 0.647. The van der Waals surface area contributed by atoms with Crippen LogP contribution in [0.1, 0.15) is 11.3 Å². The van der Waals surface area contributed by atoms with Gasteiger partial charge in [-0.15, -0.1) is 11.3 Å². The predicted molar refractivity (Wildman–Crippen MR) is 74.9 cm³/mol. The number of hydrogen-bond donors (Lipinski definition) is 1. The molecule has 0 radical (unpaired) electrons. The second-order valence-electron chi connectivity index (χ2n) is 4.23. The molecule has 1 aromatic rings. The van der Waals surface area contributed by atoms with Crippen molar-refractivity contribution in [1.82, 2.24) is 10.2 Å². The molecule has 0 saturated carbocycles. The number of ether oxygens (including phenoxy) is 1. The van der Waals surface area contributed by atoms with Crippen molar-refractivity contribution in [1.29, 1.82) is 0 Å². The molecule has 1 aromatic heterocycles. The lowest BCUT2D eigenvalue weighted by atomic mass is 10.3. The van der Waals surface area contributed by atoms with Gasteiger partial charge < -0.3 is 15.0 Å². The summed E-state index contributed by atoms with van der Waals surface area (Å²) in [5, 5.41) is 5.57. The van der Waals surface area contributed by atoms with E-state index >= 15 is 0 Å². The first-order chi connectivity index (χ1) is 8.33. The molecule has 1 heterocycles. The van der Waals surface area contributed by atoms with Gasteiger partial charge in [0.2, 0.25) is 0 Å². The number of thiophene rings is 1. The largest absolute Gasteiger partial charge is 0.385 e. The highest BCUT2D eigenvalue weighted by Crippen LogP contribution is 2.09. The van der Waals surface area contributed by atoms with Crippen LogP contribution in [0, 0.1) is 0 Å². The first-order valence-corrected chi connectivity index (χ1v) is 7.11. The van der Waals surface area contributed by atoms with E-state index in [1.807, 2.05) is 11.3 Å². The van der Waals surface area contributed by atoms with Crippen LogP contribution in [-0.4, -0.2) is 51.8 Å². The van der Waals surface area contributed by atoms with Crippen molar-refractivity contribution in [3.05, 3.63) is 22.4 Å². The summed E-state index contributed by atoms with van der Waals surface area (Å²) in [5.74, 6) is 0. The fourth-order valence-corrected chi connectivity index (χ4v) is 2.30. The van der Waals surface area contributed by atoms with Gasteiger partial charge in [0, 0.05) is 38.2 Å². The maximum Gasteiger partial charge on any atom is 0.0474 e. The third-order valence-corrected chi connectivity index (χ3v) is 3.63. The Morgan fingerprint density at radius 3 is 2.94 bits per heavy atom. The van der Waals surface area contributed by atoms with Gasteiger partial charge in [0.05, 0.1) is 0 Å². The fraction of sp³-hybridized carbons (Fsp3) is 0.692. The molecule has 98 valence electrons. The fourth-order valence-electron chi connectivity index (χ4n) is 1.60. The maximum absolute atomic E-state index is 5.00. The molecule has 0 aromatic carbocycles. The van der Waals surface area contributed by atoms with E-state index < -0.39 is 0 Å². The first-order valence-electron chi connectivity index (χ1n) is 6.23.